The molecule has 1 aromatic carbocycles. The van der Waals surface area contributed by atoms with Crippen molar-refractivity contribution in [2.45, 2.75) is 12.2 Å². The van der Waals surface area contributed by atoms with E-state index in [4.69, 9.17) is 10.5 Å². The van der Waals surface area contributed by atoms with Gasteiger partial charge in [0.2, 0.25) is 0 Å². The van der Waals surface area contributed by atoms with Crippen molar-refractivity contribution in [1.29, 1.82) is 5.41 Å². The smallest absolute Gasteiger partial charge is 0.386 e. The second-order valence-corrected chi connectivity index (χ2v) is 3.02. The van der Waals surface area contributed by atoms with Gasteiger partial charge in [0.25, 0.3) is 0 Å². The quantitative estimate of drug-likeness (QED) is 0.417. The van der Waals surface area contributed by atoms with Gasteiger partial charge in [-0.05, 0) is 12.0 Å². The van der Waals surface area contributed by atoms with Crippen LogP contribution < -0.4 is 0 Å². The molecule has 0 fully saturated rings. The first-order chi connectivity index (χ1) is 7.24. The van der Waals surface area contributed by atoms with Gasteiger partial charge in [-0.1, -0.05) is 30.3 Å². The number of hydrogen-bond acceptors (Lipinski definition) is 3. The van der Waals surface area contributed by atoms with Gasteiger partial charge in [0.1, 0.15) is 6.40 Å². The van der Waals surface area contributed by atoms with E-state index in [1.54, 1.807) is 0 Å². The van der Waals surface area contributed by atoms with E-state index in [1.165, 1.54) is 0 Å². The van der Waals surface area contributed by atoms with Crippen molar-refractivity contribution in [2.24, 2.45) is 0 Å². The predicted molar refractivity (Wildman–Crippen MR) is 57.2 cm³/mol. The summed E-state index contributed by atoms with van der Waals surface area (Å²) in [6.45, 7) is 0. The Labute approximate surface area is 88.7 Å². The number of aliphatic carboxylic acids is 1. The zero-order valence-electron chi connectivity index (χ0n) is 8.09. The molecule has 0 spiro atoms. The van der Waals surface area contributed by atoms with Crippen molar-refractivity contribution >= 4 is 19.9 Å². The lowest BCUT2D eigenvalue weighted by Gasteiger charge is -2.09. The highest BCUT2D eigenvalue weighted by Gasteiger charge is 2.21. The number of rotatable bonds is 6. The van der Waals surface area contributed by atoms with E-state index in [1.807, 2.05) is 30.3 Å². The van der Waals surface area contributed by atoms with Crippen LogP contribution in [0.5, 0.6) is 0 Å². The Morgan fingerprint density at radius 2 is 2.20 bits per heavy atom. The number of benzene rings is 1. The minimum atomic E-state index is -0.958. The van der Waals surface area contributed by atoms with Crippen molar-refractivity contribution in [3.05, 3.63) is 35.9 Å². The molecule has 4 nitrogen and oxygen atoms in total. The molecule has 0 bridgehead atoms. The Bertz CT molecular complexity index is 329. The summed E-state index contributed by atoms with van der Waals surface area (Å²) in [6, 6.07) is 9.29. The van der Waals surface area contributed by atoms with E-state index < -0.39 is 11.8 Å². The van der Waals surface area contributed by atoms with Crippen molar-refractivity contribution in [3.63, 3.8) is 0 Å². The molecule has 0 aromatic heterocycles. The van der Waals surface area contributed by atoms with Crippen LogP contribution in [0.25, 0.3) is 0 Å². The lowest BCUT2D eigenvalue weighted by molar-refractivity contribution is -0.137. The third-order valence-corrected chi connectivity index (χ3v) is 1.93. The Morgan fingerprint density at radius 3 is 2.73 bits per heavy atom. The van der Waals surface area contributed by atoms with Crippen molar-refractivity contribution < 1.29 is 14.6 Å². The van der Waals surface area contributed by atoms with Gasteiger partial charge >= 0.3 is 13.5 Å². The Morgan fingerprint density at radius 1 is 1.53 bits per heavy atom. The van der Waals surface area contributed by atoms with Gasteiger partial charge in [-0.25, -0.2) is 0 Å². The number of carbonyl (C=O) groups is 1. The molecule has 1 aromatic rings. The minimum Gasteiger partial charge on any atom is -0.555 e. The Balaban J connectivity index is 2.58. The maximum Gasteiger partial charge on any atom is 0.386 e. The van der Waals surface area contributed by atoms with Crippen LogP contribution in [0.1, 0.15) is 5.56 Å². The van der Waals surface area contributed by atoms with E-state index in [2.05, 4.69) is 4.65 Å². The number of hydrogen-bond donors (Lipinski definition) is 2. The number of carboxylic acids is 1. The molecule has 0 aliphatic rings. The molecule has 2 N–H and O–H groups in total. The van der Waals surface area contributed by atoms with Crippen LogP contribution in [0.3, 0.4) is 0 Å². The van der Waals surface area contributed by atoms with Gasteiger partial charge in [0.15, 0.2) is 0 Å². The average Bonchev–Trinajstić information content (AvgIpc) is 2.25. The van der Waals surface area contributed by atoms with Crippen LogP contribution in [0.4, 0.5) is 0 Å². The Kier molecular flexibility index (Phi) is 4.41. The monoisotopic (exact) mass is 204 g/mol. The van der Waals surface area contributed by atoms with Crippen LogP contribution in [0, 0.1) is 5.41 Å². The number of nitrogens with one attached hydrogen (secondary N) is 1. The maximum absolute atomic E-state index is 10.8. The summed E-state index contributed by atoms with van der Waals surface area (Å²) >= 11 is 0. The third kappa shape index (κ3) is 3.85. The van der Waals surface area contributed by atoms with Crippen LogP contribution in [0.15, 0.2) is 30.3 Å². The molecule has 0 saturated carbocycles. The molecular formula is C10H11BNO3. The molecule has 5 heteroatoms. The fourth-order valence-electron chi connectivity index (χ4n) is 1.20. The summed E-state index contributed by atoms with van der Waals surface area (Å²) in [5.41, 5.74) is 0.926. The van der Waals surface area contributed by atoms with Gasteiger partial charge in [-0.2, -0.15) is 0 Å². The largest absolute Gasteiger partial charge is 0.555 e. The van der Waals surface area contributed by atoms with Gasteiger partial charge in [0, 0.05) is 0 Å². The number of carboxylic acid groups (broad SMARTS) is 1. The van der Waals surface area contributed by atoms with Crippen LogP contribution in [-0.2, 0) is 15.9 Å². The molecule has 1 unspecified atom stereocenters. The first kappa shape index (κ1) is 11.3. The first-order valence-corrected chi connectivity index (χ1v) is 4.48. The van der Waals surface area contributed by atoms with Gasteiger partial charge in [-0.15, -0.1) is 0 Å². The van der Waals surface area contributed by atoms with Crippen molar-refractivity contribution in [2.75, 3.05) is 0 Å². The lowest BCUT2D eigenvalue weighted by atomic mass is 9.76. The highest BCUT2D eigenvalue weighted by Crippen LogP contribution is 2.13. The third-order valence-electron chi connectivity index (χ3n) is 1.93. The summed E-state index contributed by atoms with van der Waals surface area (Å²) in [5, 5.41) is 15.5. The van der Waals surface area contributed by atoms with Crippen molar-refractivity contribution in [1.82, 2.24) is 0 Å². The van der Waals surface area contributed by atoms with Crippen LogP contribution in [-0.4, -0.2) is 25.0 Å². The van der Waals surface area contributed by atoms with E-state index in [0.29, 0.717) is 12.8 Å². The molecule has 0 amide bonds. The molecule has 0 saturated heterocycles. The first-order valence-electron chi connectivity index (χ1n) is 4.48. The van der Waals surface area contributed by atoms with Crippen LogP contribution >= 0.6 is 0 Å². The van der Waals surface area contributed by atoms with Gasteiger partial charge in [-0.3, -0.25) is 10.2 Å². The molecule has 15 heavy (non-hydrogen) atoms. The summed E-state index contributed by atoms with van der Waals surface area (Å²) in [4.78, 5) is 10.8. The Hall–Kier alpha value is -1.78. The standard InChI is InChI=1S/C10H11BNO3/c12-7-15-11-9(10(13)14)6-8-4-2-1-3-5-8/h1-5,7,9,12H,6H2,(H,13,14). The highest BCUT2D eigenvalue weighted by atomic mass is 16.4. The van der Waals surface area contributed by atoms with E-state index in [0.717, 1.165) is 13.0 Å². The molecule has 0 heterocycles. The molecule has 0 aliphatic heterocycles. The van der Waals surface area contributed by atoms with Gasteiger partial charge < -0.3 is 9.76 Å². The SMILES string of the molecule is N=CO[B]C(Cc1ccccc1)C(=O)O. The maximum atomic E-state index is 10.8. The van der Waals surface area contributed by atoms with E-state index >= 15 is 0 Å². The zero-order valence-corrected chi connectivity index (χ0v) is 8.09. The minimum absolute atomic E-state index is 0.365. The van der Waals surface area contributed by atoms with Crippen molar-refractivity contribution in [3.8, 4) is 0 Å². The van der Waals surface area contributed by atoms with Gasteiger partial charge in [0.05, 0.1) is 5.82 Å². The molecule has 1 atom stereocenters. The summed E-state index contributed by atoms with van der Waals surface area (Å²) in [6.07, 6.45) is 1.07. The van der Waals surface area contributed by atoms with E-state index in [-0.39, 0.29) is 0 Å². The topological polar surface area (TPSA) is 70.4 Å². The second-order valence-electron chi connectivity index (χ2n) is 3.02. The van der Waals surface area contributed by atoms with Crippen LogP contribution in [0.2, 0.25) is 5.82 Å². The summed E-state index contributed by atoms with van der Waals surface area (Å²) in [7, 11) is 1.16. The normalized spacial score (nSPS) is 11.5. The fourth-order valence-corrected chi connectivity index (χ4v) is 1.20. The zero-order chi connectivity index (χ0) is 11.1. The summed E-state index contributed by atoms with van der Waals surface area (Å²) < 4.78 is 4.56. The summed E-state index contributed by atoms with van der Waals surface area (Å²) in [5.74, 6) is -1.69. The molecule has 1 rings (SSSR count). The molecule has 77 valence electrons. The predicted octanol–water partition coefficient (Wildman–Crippen LogP) is 1.35. The van der Waals surface area contributed by atoms with E-state index in [9.17, 15) is 4.79 Å². The second kappa shape index (κ2) is 5.85. The fraction of sp³-hybridized carbons (Fsp3) is 0.200. The average molecular weight is 204 g/mol. The highest BCUT2D eigenvalue weighted by molar-refractivity contribution is 6.38. The molecule has 0 aliphatic carbocycles. The molecular weight excluding hydrogens is 193 g/mol. The lowest BCUT2D eigenvalue weighted by Crippen LogP contribution is -2.19. The molecule has 1 radical (unpaired) electrons.